The number of anilines is 1. The fourth-order valence-electron chi connectivity index (χ4n) is 3.62. The molecule has 5 nitrogen and oxygen atoms in total. The molecule has 30 heavy (non-hydrogen) atoms. The first-order chi connectivity index (χ1) is 14.5. The van der Waals surface area contributed by atoms with Gasteiger partial charge in [-0.25, -0.2) is 4.39 Å². The van der Waals surface area contributed by atoms with Crippen LogP contribution in [0.2, 0.25) is 0 Å². The molecule has 2 atom stereocenters. The molecule has 0 spiro atoms. The summed E-state index contributed by atoms with van der Waals surface area (Å²) in [5, 5.41) is 8.66. The molecule has 2 N–H and O–H groups in total. The minimum Gasteiger partial charge on any atom is -0.352 e. The van der Waals surface area contributed by atoms with Crippen LogP contribution in [0.4, 0.5) is 10.1 Å². The summed E-state index contributed by atoms with van der Waals surface area (Å²) in [6, 6.07) is 13.9. The van der Waals surface area contributed by atoms with Crippen molar-refractivity contribution in [1.29, 1.82) is 0 Å². The lowest BCUT2D eigenvalue weighted by Gasteiger charge is -2.27. The van der Waals surface area contributed by atoms with Crippen LogP contribution in [0.5, 0.6) is 0 Å². The normalized spacial score (nSPS) is 18.3. The molecule has 2 aromatic heterocycles. The summed E-state index contributed by atoms with van der Waals surface area (Å²) in [6.07, 6.45) is 1.95. The van der Waals surface area contributed by atoms with Crippen LogP contribution in [0.1, 0.15) is 34.6 Å². The van der Waals surface area contributed by atoms with Gasteiger partial charge in [-0.05, 0) is 60.4 Å². The number of nitrogens with one attached hydrogen (secondary N) is 2. The van der Waals surface area contributed by atoms with Gasteiger partial charge in [-0.1, -0.05) is 18.2 Å². The maximum absolute atomic E-state index is 13.8. The molecule has 0 saturated carbocycles. The van der Waals surface area contributed by atoms with Gasteiger partial charge in [-0.15, -0.1) is 11.3 Å². The Morgan fingerprint density at radius 1 is 1.27 bits per heavy atom. The Balaban J connectivity index is 1.53. The van der Waals surface area contributed by atoms with E-state index in [9.17, 15) is 9.18 Å². The van der Waals surface area contributed by atoms with Crippen LogP contribution in [0.3, 0.4) is 0 Å². The molecule has 0 aliphatic carbocycles. The van der Waals surface area contributed by atoms with Gasteiger partial charge in [0.2, 0.25) is 5.91 Å². The number of nitrogens with zero attached hydrogens (tertiary/aromatic N) is 2. The van der Waals surface area contributed by atoms with Gasteiger partial charge in [0, 0.05) is 24.0 Å². The largest absolute Gasteiger partial charge is 0.352 e. The van der Waals surface area contributed by atoms with Crippen LogP contribution in [0.25, 0.3) is 0 Å². The minimum atomic E-state index is -0.452. The van der Waals surface area contributed by atoms with E-state index in [0.717, 1.165) is 5.69 Å². The highest BCUT2D eigenvalue weighted by molar-refractivity contribution is 7.80. The molecule has 8 heteroatoms. The number of thiocarbonyl (C=S) groups is 1. The van der Waals surface area contributed by atoms with Crippen molar-refractivity contribution in [2.75, 3.05) is 11.9 Å². The number of rotatable bonds is 6. The smallest absolute Gasteiger partial charge is 0.226 e. The standard InChI is InChI=1S/C22H21FN4OS2/c1-14-10-13-30-21(14)20-19(17-8-4-5-11-24-17)26-22(29)27(20)12-9-18(28)25-16-7-3-2-6-15(16)23/h2-8,10-11,13,19-20H,9,12H2,1H3,(H,25,28)(H,26,29)/t19-,20-/m1/s1. The van der Waals surface area contributed by atoms with Crippen molar-refractivity contribution >= 4 is 40.3 Å². The number of para-hydroxylation sites is 1. The van der Waals surface area contributed by atoms with Gasteiger partial charge in [0.25, 0.3) is 0 Å². The van der Waals surface area contributed by atoms with Crippen molar-refractivity contribution in [3.63, 3.8) is 0 Å². The average Bonchev–Trinajstić information content (AvgIpc) is 3.31. The highest BCUT2D eigenvalue weighted by Gasteiger charge is 2.40. The summed E-state index contributed by atoms with van der Waals surface area (Å²) in [6.45, 7) is 2.49. The Morgan fingerprint density at radius 2 is 2.07 bits per heavy atom. The molecule has 0 radical (unpaired) electrons. The summed E-state index contributed by atoms with van der Waals surface area (Å²) in [7, 11) is 0. The number of aryl methyl sites for hydroxylation is 1. The van der Waals surface area contributed by atoms with E-state index in [0.29, 0.717) is 11.7 Å². The monoisotopic (exact) mass is 440 g/mol. The second-order valence-electron chi connectivity index (χ2n) is 7.07. The average molecular weight is 441 g/mol. The Kier molecular flexibility index (Phi) is 6.06. The van der Waals surface area contributed by atoms with E-state index in [4.69, 9.17) is 12.2 Å². The van der Waals surface area contributed by atoms with Crippen molar-refractivity contribution in [2.24, 2.45) is 0 Å². The van der Waals surface area contributed by atoms with E-state index in [2.05, 4.69) is 34.0 Å². The molecule has 4 rings (SSSR count). The molecule has 1 aliphatic rings. The number of hydrogen-bond acceptors (Lipinski definition) is 4. The third-order valence-corrected chi connectivity index (χ3v) is 6.54. The number of aromatic nitrogens is 1. The van der Waals surface area contributed by atoms with E-state index in [1.54, 1.807) is 35.7 Å². The first-order valence-electron chi connectivity index (χ1n) is 9.61. The Hall–Kier alpha value is -2.84. The van der Waals surface area contributed by atoms with Crippen LogP contribution in [0.15, 0.2) is 60.1 Å². The van der Waals surface area contributed by atoms with E-state index in [1.807, 2.05) is 23.1 Å². The quantitative estimate of drug-likeness (QED) is 0.549. The number of carbonyl (C=O) groups excluding carboxylic acids is 1. The van der Waals surface area contributed by atoms with Gasteiger partial charge in [0.1, 0.15) is 5.82 Å². The van der Waals surface area contributed by atoms with Crippen molar-refractivity contribution in [1.82, 2.24) is 15.2 Å². The number of amides is 1. The van der Waals surface area contributed by atoms with Gasteiger partial charge in [-0.3, -0.25) is 9.78 Å². The summed E-state index contributed by atoms with van der Waals surface area (Å²) in [4.78, 5) is 20.2. The number of hydrogen-bond donors (Lipinski definition) is 2. The van der Waals surface area contributed by atoms with Crippen molar-refractivity contribution in [2.45, 2.75) is 25.4 Å². The van der Waals surface area contributed by atoms with Crippen LogP contribution < -0.4 is 10.6 Å². The molecule has 1 amide bonds. The minimum absolute atomic E-state index is 0.0614. The number of carbonyl (C=O) groups is 1. The SMILES string of the molecule is Cc1ccsc1[C@H]1[C@@H](c2ccccn2)NC(=S)N1CCC(=O)Nc1ccccc1F. The highest BCUT2D eigenvalue weighted by Crippen LogP contribution is 2.41. The number of benzene rings is 1. The zero-order chi connectivity index (χ0) is 21.1. The molecule has 3 aromatic rings. The molecule has 0 bridgehead atoms. The zero-order valence-corrected chi connectivity index (χ0v) is 18.0. The van der Waals surface area contributed by atoms with Gasteiger partial charge in [-0.2, -0.15) is 0 Å². The van der Waals surface area contributed by atoms with Crippen LogP contribution >= 0.6 is 23.6 Å². The fourth-order valence-corrected chi connectivity index (χ4v) is 5.02. The lowest BCUT2D eigenvalue weighted by atomic mass is 10.0. The Labute approximate surface area is 183 Å². The first kappa shape index (κ1) is 20.4. The van der Waals surface area contributed by atoms with E-state index in [-0.39, 0.29) is 30.1 Å². The first-order valence-corrected chi connectivity index (χ1v) is 10.9. The Bertz CT molecular complexity index is 1060. The maximum Gasteiger partial charge on any atom is 0.226 e. The van der Waals surface area contributed by atoms with Gasteiger partial charge < -0.3 is 15.5 Å². The van der Waals surface area contributed by atoms with Crippen molar-refractivity contribution in [3.8, 4) is 0 Å². The van der Waals surface area contributed by atoms with E-state index >= 15 is 0 Å². The lowest BCUT2D eigenvalue weighted by molar-refractivity contribution is -0.116. The summed E-state index contributed by atoms with van der Waals surface area (Å²) >= 11 is 7.28. The van der Waals surface area contributed by atoms with Crippen LogP contribution in [-0.4, -0.2) is 27.4 Å². The molecular formula is C22H21FN4OS2. The van der Waals surface area contributed by atoms with Crippen molar-refractivity contribution in [3.05, 3.63) is 82.1 Å². The highest BCUT2D eigenvalue weighted by atomic mass is 32.1. The van der Waals surface area contributed by atoms with Crippen molar-refractivity contribution < 1.29 is 9.18 Å². The number of pyridine rings is 1. The molecule has 1 fully saturated rings. The summed E-state index contributed by atoms with van der Waals surface area (Å²) in [5.41, 5.74) is 2.26. The summed E-state index contributed by atoms with van der Waals surface area (Å²) < 4.78 is 13.8. The maximum atomic E-state index is 13.8. The molecule has 154 valence electrons. The summed E-state index contributed by atoms with van der Waals surface area (Å²) in [5.74, 6) is -0.711. The van der Waals surface area contributed by atoms with Gasteiger partial charge in [0.15, 0.2) is 5.11 Å². The topological polar surface area (TPSA) is 57.3 Å². The molecule has 1 saturated heterocycles. The van der Waals surface area contributed by atoms with E-state index < -0.39 is 5.82 Å². The molecule has 3 heterocycles. The molecule has 0 unspecified atom stereocenters. The molecule has 1 aliphatic heterocycles. The number of halogens is 1. The third kappa shape index (κ3) is 4.20. The van der Waals surface area contributed by atoms with E-state index in [1.165, 1.54) is 16.5 Å². The Morgan fingerprint density at radius 3 is 2.77 bits per heavy atom. The zero-order valence-electron chi connectivity index (χ0n) is 16.3. The van der Waals surface area contributed by atoms with Crippen LogP contribution in [-0.2, 0) is 4.79 Å². The third-order valence-electron chi connectivity index (χ3n) is 5.10. The predicted molar refractivity (Wildman–Crippen MR) is 121 cm³/mol. The van der Waals surface area contributed by atoms with Gasteiger partial charge in [0.05, 0.1) is 23.5 Å². The predicted octanol–water partition coefficient (Wildman–Crippen LogP) is 4.59. The fraction of sp³-hybridized carbons (Fsp3) is 0.227. The lowest BCUT2D eigenvalue weighted by Crippen LogP contribution is -2.32. The van der Waals surface area contributed by atoms with Crippen LogP contribution in [0, 0.1) is 12.7 Å². The molecule has 1 aromatic carbocycles. The second kappa shape index (κ2) is 8.89. The molecular weight excluding hydrogens is 419 g/mol. The number of thiophene rings is 1. The van der Waals surface area contributed by atoms with Gasteiger partial charge >= 0.3 is 0 Å². The second-order valence-corrected chi connectivity index (χ2v) is 8.40.